The molecule has 0 bridgehead atoms. The zero-order valence-electron chi connectivity index (χ0n) is 29.6. The predicted octanol–water partition coefficient (Wildman–Crippen LogP) is 11.5. The summed E-state index contributed by atoms with van der Waals surface area (Å²) in [5.74, 6) is 1.93. The van der Waals surface area contributed by atoms with Gasteiger partial charge in [0.05, 0.1) is 44.9 Å². The predicted molar refractivity (Wildman–Crippen MR) is 199 cm³/mol. The van der Waals surface area contributed by atoms with Gasteiger partial charge in [-0.3, -0.25) is 0 Å². The average Bonchev–Trinajstić information content (AvgIpc) is 3.44. The van der Waals surface area contributed by atoms with E-state index in [1.807, 2.05) is 13.8 Å². The molecule has 4 nitrogen and oxygen atoms in total. The van der Waals surface area contributed by atoms with Crippen LogP contribution in [0.4, 0.5) is 0 Å². The first-order valence-electron chi connectivity index (χ1n) is 16.9. The molecule has 2 aromatic carbocycles. The fourth-order valence-electron chi connectivity index (χ4n) is 5.76. The van der Waals surface area contributed by atoms with E-state index in [9.17, 15) is 0 Å². The first kappa shape index (κ1) is 38.7. The van der Waals surface area contributed by atoms with E-state index in [-0.39, 0.29) is 0 Å². The molecular formula is C43H56O4. The van der Waals surface area contributed by atoms with Crippen LogP contribution in [0.1, 0.15) is 77.8 Å². The molecule has 252 valence electrons. The highest BCUT2D eigenvalue weighted by Gasteiger charge is 2.41. The summed E-state index contributed by atoms with van der Waals surface area (Å²) in [5, 5.41) is 0. The molecule has 0 fully saturated rings. The van der Waals surface area contributed by atoms with E-state index in [1.165, 1.54) is 45.9 Å². The maximum atomic E-state index is 6.18. The summed E-state index contributed by atoms with van der Waals surface area (Å²) in [7, 11) is 1.56. The van der Waals surface area contributed by atoms with Crippen molar-refractivity contribution in [1.82, 2.24) is 0 Å². The van der Waals surface area contributed by atoms with Crippen LogP contribution in [0.25, 0.3) is 0 Å². The second-order valence-corrected chi connectivity index (χ2v) is 10.9. The molecule has 0 amide bonds. The van der Waals surface area contributed by atoms with E-state index in [2.05, 4.69) is 141 Å². The second-order valence-electron chi connectivity index (χ2n) is 10.9. The van der Waals surface area contributed by atoms with Crippen molar-refractivity contribution in [2.24, 2.45) is 0 Å². The molecule has 2 aliphatic carbocycles. The van der Waals surface area contributed by atoms with Crippen LogP contribution in [-0.4, -0.2) is 26.9 Å². The number of ether oxygens (including phenoxy) is 4. The molecule has 47 heavy (non-hydrogen) atoms. The Morgan fingerprint density at radius 2 is 1.43 bits per heavy atom. The molecule has 1 atom stereocenters. The molecule has 0 saturated carbocycles. The van der Waals surface area contributed by atoms with Gasteiger partial charge in [-0.15, -0.1) is 0 Å². The Labute approximate surface area is 285 Å². The van der Waals surface area contributed by atoms with Gasteiger partial charge in [0, 0.05) is 0 Å². The number of hydrogen-bond donors (Lipinski definition) is 0. The lowest BCUT2D eigenvalue weighted by Gasteiger charge is -2.39. The van der Waals surface area contributed by atoms with Gasteiger partial charge in [-0.1, -0.05) is 105 Å². The highest BCUT2D eigenvalue weighted by molar-refractivity contribution is 5.66. The van der Waals surface area contributed by atoms with Gasteiger partial charge >= 0.3 is 0 Å². The quantitative estimate of drug-likeness (QED) is 0.193. The van der Waals surface area contributed by atoms with E-state index < -0.39 is 5.41 Å². The van der Waals surface area contributed by atoms with Gasteiger partial charge in [0.15, 0.2) is 0 Å². The van der Waals surface area contributed by atoms with Gasteiger partial charge in [-0.2, -0.15) is 0 Å². The van der Waals surface area contributed by atoms with E-state index >= 15 is 0 Å². The average molecular weight is 637 g/mol. The van der Waals surface area contributed by atoms with Crippen LogP contribution in [-0.2, 0) is 19.6 Å². The molecule has 0 aliphatic heterocycles. The Morgan fingerprint density at radius 1 is 0.766 bits per heavy atom. The van der Waals surface area contributed by atoms with Crippen LogP contribution in [0.3, 0.4) is 0 Å². The smallest absolute Gasteiger partial charge is 0.119 e. The molecular weight excluding hydrogens is 580 g/mol. The SMILES string of the molecule is C=COC.C=COCC.CCCCC1=CC(C(C2=C(C)C=CCC=C2)(c2ccccc2)c2ccc(OCC)cc2)=CCC=C1OCC. The third-order valence-electron chi connectivity index (χ3n) is 7.83. The zero-order chi connectivity index (χ0) is 34.3. The fourth-order valence-corrected chi connectivity index (χ4v) is 5.76. The Hall–Kier alpha value is -4.44. The maximum Gasteiger partial charge on any atom is 0.119 e. The molecule has 0 aromatic heterocycles. The lowest BCUT2D eigenvalue weighted by molar-refractivity contribution is 0.234. The van der Waals surface area contributed by atoms with E-state index in [4.69, 9.17) is 9.47 Å². The molecule has 1 unspecified atom stereocenters. The van der Waals surface area contributed by atoms with Crippen LogP contribution in [0.2, 0.25) is 0 Å². The molecule has 4 rings (SSSR count). The molecule has 2 aliphatic rings. The first-order chi connectivity index (χ1) is 23.0. The van der Waals surface area contributed by atoms with E-state index in [0.29, 0.717) is 13.2 Å². The molecule has 2 aromatic rings. The van der Waals surface area contributed by atoms with Crippen molar-refractivity contribution in [2.75, 3.05) is 26.9 Å². The van der Waals surface area contributed by atoms with E-state index in [1.54, 1.807) is 7.11 Å². The van der Waals surface area contributed by atoms with Gasteiger partial charge in [0.25, 0.3) is 0 Å². The second kappa shape index (κ2) is 22.1. The molecule has 4 heteroatoms. The first-order valence-corrected chi connectivity index (χ1v) is 16.9. The Kier molecular flexibility index (Phi) is 18.3. The monoisotopic (exact) mass is 636 g/mol. The summed E-state index contributed by atoms with van der Waals surface area (Å²) >= 11 is 0. The summed E-state index contributed by atoms with van der Waals surface area (Å²) in [6.07, 6.45) is 24.1. The van der Waals surface area contributed by atoms with Crippen molar-refractivity contribution in [3.63, 3.8) is 0 Å². The van der Waals surface area contributed by atoms with Crippen molar-refractivity contribution in [3.8, 4) is 5.75 Å². The van der Waals surface area contributed by atoms with E-state index in [0.717, 1.165) is 50.2 Å². The van der Waals surface area contributed by atoms with Crippen molar-refractivity contribution in [2.45, 2.75) is 72.1 Å². The van der Waals surface area contributed by atoms with Crippen LogP contribution < -0.4 is 4.74 Å². The summed E-state index contributed by atoms with van der Waals surface area (Å²) in [6.45, 7) is 19.2. The Balaban J connectivity index is 0.000000755. The summed E-state index contributed by atoms with van der Waals surface area (Å²) in [4.78, 5) is 0. The molecule has 0 saturated heterocycles. The highest BCUT2D eigenvalue weighted by Crippen LogP contribution is 2.50. The summed E-state index contributed by atoms with van der Waals surface area (Å²) in [5.41, 5.74) is 7.17. The lowest BCUT2D eigenvalue weighted by atomic mass is 9.62. The van der Waals surface area contributed by atoms with Gasteiger partial charge in [0.1, 0.15) is 11.5 Å². The molecule has 0 radical (unpaired) electrons. The van der Waals surface area contributed by atoms with Gasteiger partial charge < -0.3 is 18.9 Å². The van der Waals surface area contributed by atoms with Crippen molar-refractivity contribution in [1.29, 1.82) is 0 Å². The largest absolute Gasteiger partial charge is 0.505 e. The number of unbranched alkanes of at least 4 members (excludes halogenated alkanes) is 1. The molecule has 0 spiro atoms. The Morgan fingerprint density at radius 3 is 2.00 bits per heavy atom. The third-order valence-corrected chi connectivity index (χ3v) is 7.83. The Bertz CT molecular complexity index is 1400. The van der Waals surface area contributed by atoms with Gasteiger partial charge in [-0.25, -0.2) is 0 Å². The van der Waals surface area contributed by atoms with Crippen molar-refractivity contribution >= 4 is 0 Å². The van der Waals surface area contributed by atoms with Crippen molar-refractivity contribution < 1.29 is 18.9 Å². The van der Waals surface area contributed by atoms with Crippen LogP contribution in [0.5, 0.6) is 5.75 Å². The zero-order valence-corrected chi connectivity index (χ0v) is 29.6. The number of methoxy groups -OCH3 is 1. The number of rotatable bonds is 14. The highest BCUT2D eigenvalue weighted by atomic mass is 16.5. The maximum absolute atomic E-state index is 6.18. The van der Waals surface area contributed by atoms with Gasteiger partial charge in [0.2, 0.25) is 0 Å². The minimum atomic E-state index is -0.492. The fraction of sp³-hybridized carbons (Fsp3) is 0.349. The number of allylic oxidation sites excluding steroid dienone is 11. The minimum absolute atomic E-state index is 0.492. The molecule has 0 N–H and O–H groups in total. The van der Waals surface area contributed by atoms with Crippen LogP contribution in [0, 0.1) is 0 Å². The standard InChI is InChI=1S/C36H42O2.C4H8O.C3H6O/c1-5-8-17-29-27-32(20-15-22-35(29)38-7-3)36(30-18-12-10-13-19-30,34-21-14-9-11-16-28(34)4)31-23-25-33(26-24-31)37-6-2;1-3-5-4-2;1-3-4-2/h10-14,16,18-27H,5-9,15,17H2,1-4H3;3H,1,4H2,2H3;3H,1H2,2H3. The minimum Gasteiger partial charge on any atom is -0.505 e. The normalized spacial score (nSPS) is 15.0. The number of hydrogen-bond acceptors (Lipinski definition) is 4. The third kappa shape index (κ3) is 11.1. The van der Waals surface area contributed by atoms with Crippen LogP contribution in [0.15, 0.2) is 151 Å². The van der Waals surface area contributed by atoms with Crippen LogP contribution >= 0.6 is 0 Å². The lowest BCUT2D eigenvalue weighted by Crippen LogP contribution is -2.32. The topological polar surface area (TPSA) is 36.9 Å². The summed E-state index contributed by atoms with van der Waals surface area (Å²) in [6, 6.07) is 19.7. The van der Waals surface area contributed by atoms with Gasteiger partial charge in [-0.05, 0) is 105 Å². The summed E-state index contributed by atoms with van der Waals surface area (Å²) < 4.78 is 20.9. The van der Waals surface area contributed by atoms with Crippen molar-refractivity contribution in [3.05, 3.63) is 162 Å². The number of benzene rings is 2. The molecule has 0 heterocycles.